The molecule has 0 heterocycles. The van der Waals surface area contributed by atoms with Crippen molar-refractivity contribution in [2.45, 2.75) is 24.7 Å². The number of hydrogen-bond acceptors (Lipinski definition) is 2. The Morgan fingerprint density at radius 1 is 1.43 bits per heavy atom. The lowest BCUT2D eigenvalue weighted by Gasteiger charge is -2.07. The van der Waals surface area contributed by atoms with Crippen LogP contribution in [-0.4, -0.2) is 12.9 Å². The highest BCUT2D eigenvalue weighted by molar-refractivity contribution is 7.98. The molecule has 0 aliphatic heterocycles. The monoisotopic (exact) mass is 230 g/mol. The van der Waals surface area contributed by atoms with E-state index in [1.54, 1.807) is 11.8 Å². The number of halogens is 1. The topological polar surface area (TPSA) is 9.23 Å². The van der Waals surface area contributed by atoms with Gasteiger partial charge in [0.1, 0.15) is 5.75 Å². The van der Waals surface area contributed by atoms with Gasteiger partial charge in [-0.25, -0.2) is 0 Å². The van der Waals surface area contributed by atoms with Crippen LogP contribution < -0.4 is 4.74 Å². The standard InChI is InChI=1S/C11H15ClOS/c1-3-4-7-13-11-6-5-9(14-2)8-10(11)12/h5-6,8H,3-4,7H2,1-2H3. The van der Waals surface area contributed by atoms with E-state index in [1.165, 1.54) is 0 Å². The highest BCUT2D eigenvalue weighted by Crippen LogP contribution is 2.28. The van der Waals surface area contributed by atoms with Gasteiger partial charge < -0.3 is 4.74 Å². The Labute approximate surface area is 94.8 Å². The molecule has 1 aromatic carbocycles. The summed E-state index contributed by atoms with van der Waals surface area (Å²) in [6.45, 7) is 2.89. The molecule has 78 valence electrons. The summed E-state index contributed by atoms with van der Waals surface area (Å²) < 4.78 is 5.54. The molecule has 0 N–H and O–H groups in total. The molecular formula is C11H15ClOS. The van der Waals surface area contributed by atoms with Crippen LogP contribution in [-0.2, 0) is 0 Å². The number of benzene rings is 1. The predicted molar refractivity (Wildman–Crippen MR) is 63.6 cm³/mol. The van der Waals surface area contributed by atoms with Crippen molar-refractivity contribution in [3.8, 4) is 5.75 Å². The van der Waals surface area contributed by atoms with Crippen molar-refractivity contribution in [1.29, 1.82) is 0 Å². The van der Waals surface area contributed by atoms with Gasteiger partial charge in [0.15, 0.2) is 0 Å². The van der Waals surface area contributed by atoms with Gasteiger partial charge in [0.25, 0.3) is 0 Å². The molecule has 0 aliphatic carbocycles. The molecular weight excluding hydrogens is 216 g/mol. The molecule has 0 atom stereocenters. The fraction of sp³-hybridized carbons (Fsp3) is 0.455. The van der Waals surface area contributed by atoms with Gasteiger partial charge in [-0.15, -0.1) is 11.8 Å². The van der Waals surface area contributed by atoms with Crippen molar-refractivity contribution < 1.29 is 4.74 Å². The van der Waals surface area contributed by atoms with Crippen molar-refractivity contribution >= 4 is 23.4 Å². The lowest BCUT2D eigenvalue weighted by atomic mass is 10.3. The lowest BCUT2D eigenvalue weighted by molar-refractivity contribution is 0.309. The summed E-state index contributed by atoms with van der Waals surface area (Å²) in [6.07, 6.45) is 4.24. The van der Waals surface area contributed by atoms with E-state index in [1.807, 2.05) is 24.5 Å². The fourth-order valence-corrected chi connectivity index (χ4v) is 1.79. The molecule has 0 aliphatic rings. The number of unbranched alkanes of at least 4 members (excludes halogenated alkanes) is 1. The van der Waals surface area contributed by atoms with E-state index in [4.69, 9.17) is 16.3 Å². The minimum absolute atomic E-state index is 0.702. The Bertz CT molecular complexity index is 289. The van der Waals surface area contributed by atoms with Crippen LogP contribution in [0.25, 0.3) is 0 Å². The first kappa shape index (κ1) is 11.7. The van der Waals surface area contributed by atoms with Gasteiger partial charge in [0, 0.05) is 4.90 Å². The molecule has 0 spiro atoms. The molecule has 0 amide bonds. The number of hydrogen-bond donors (Lipinski definition) is 0. The summed E-state index contributed by atoms with van der Waals surface area (Å²) in [7, 11) is 0. The summed E-state index contributed by atoms with van der Waals surface area (Å²) in [6, 6.07) is 5.90. The van der Waals surface area contributed by atoms with Crippen LogP contribution in [0, 0.1) is 0 Å². The average molecular weight is 231 g/mol. The molecule has 1 aromatic rings. The van der Waals surface area contributed by atoms with Gasteiger partial charge in [-0.3, -0.25) is 0 Å². The molecule has 0 bridgehead atoms. The first-order valence-corrected chi connectivity index (χ1v) is 6.34. The fourth-order valence-electron chi connectivity index (χ4n) is 1.05. The average Bonchev–Trinajstić information content (AvgIpc) is 2.20. The Balaban J connectivity index is 2.59. The predicted octanol–water partition coefficient (Wildman–Crippen LogP) is 4.24. The Kier molecular flexibility index (Phi) is 5.20. The van der Waals surface area contributed by atoms with E-state index in [2.05, 4.69) is 6.92 Å². The first-order chi connectivity index (χ1) is 6.77. The second kappa shape index (κ2) is 6.20. The quantitative estimate of drug-likeness (QED) is 0.553. The van der Waals surface area contributed by atoms with E-state index in [0.717, 1.165) is 30.1 Å². The smallest absolute Gasteiger partial charge is 0.137 e. The van der Waals surface area contributed by atoms with Gasteiger partial charge in [-0.1, -0.05) is 24.9 Å². The van der Waals surface area contributed by atoms with E-state index >= 15 is 0 Å². The van der Waals surface area contributed by atoms with Crippen molar-refractivity contribution in [2.75, 3.05) is 12.9 Å². The molecule has 0 saturated carbocycles. The van der Waals surface area contributed by atoms with Gasteiger partial charge >= 0.3 is 0 Å². The zero-order chi connectivity index (χ0) is 10.4. The highest BCUT2D eigenvalue weighted by atomic mass is 35.5. The molecule has 0 saturated heterocycles. The van der Waals surface area contributed by atoms with Crippen LogP contribution in [0.5, 0.6) is 5.75 Å². The van der Waals surface area contributed by atoms with Gasteiger partial charge in [-0.2, -0.15) is 0 Å². The second-order valence-corrected chi connectivity index (χ2v) is 4.29. The Hall–Kier alpha value is -0.340. The minimum Gasteiger partial charge on any atom is -0.492 e. The largest absolute Gasteiger partial charge is 0.492 e. The zero-order valence-electron chi connectivity index (χ0n) is 8.55. The van der Waals surface area contributed by atoms with Crippen LogP contribution in [0.2, 0.25) is 5.02 Å². The van der Waals surface area contributed by atoms with Crippen molar-refractivity contribution in [2.24, 2.45) is 0 Å². The summed E-state index contributed by atoms with van der Waals surface area (Å²) in [5.41, 5.74) is 0. The van der Waals surface area contributed by atoms with Gasteiger partial charge in [0.2, 0.25) is 0 Å². The maximum atomic E-state index is 6.05. The highest BCUT2D eigenvalue weighted by Gasteiger charge is 2.01. The summed E-state index contributed by atoms with van der Waals surface area (Å²) in [4.78, 5) is 1.16. The van der Waals surface area contributed by atoms with Crippen LogP contribution in [0.15, 0.2) is 23.1 Å². The van der Waals surface area contributed by atoms with E-state index in [-0.39, 0.29) is 0 Å². The van der Waals surface area contributed by atoms with Crippen LogP contribution in [0.3, 0.4) is 0 Å². The minimum atomic E-state index is 0.702. The van der Waals surface area contributed by atoms with E-state index in [0.29, 0.717) is 5.02 Å². The van der Waals surface area contributed by atoms with Crippen molar-refractivity contribution in [3.63, 3.8) is 0 Å². The van der Waals surface area contributed by atoms with Crippen molar-refractivity contribution in [3.05, 3.63) is 23.2 Å². The van der Waals surface area contributed by atoms with Crippen molar-refractivity contribution in [1.82, 2.24) is 0 Å². The number of thioether (sulfide) groups is 1. The van der Waals surface area contributed by atoms with E-state index < -0.39 is 0 Å². The SMILES string of the molecule is CCCCOc1ccc(SC)cc1Cl. The first-order valence-electron chi connectivity index (χ1n) is 4.74. The third kappa shape index (κ3) is 3.43. The van der Waals surface area contributed by atoms with Crippen LogP contribution >= 0.6 is 23.4 Å². The second-order valence-electron chi connectivity index (χ2n) is 3.00. The number of rotatable bonds is 5. The third-order valence-corrected chi connectivity index (χ3v) is 2.92. The molecule has 1 nitrogen and oxygen atoms in total. The zero-order valence-corrected chi connectivity index (χ0v) is 10.1. The number of ether oxygens (including phenoxy) is 1. The Morgan fingerprint density at radius 2 is 2.21 bits per heavy atom. The van der Waals surface area contributed by atoms with Gasteiger partial charge in [0.05, 0.1) is 11.6 Å². The van der Waals surface area contributed by atoms with E-state index in [9.17, 15) is 0 Å². The molecule has 3 heteroatoms. The third-order valence-electron chi connectivity index (χ3n) is 1.89. The summed E-state index contributed by atoms with van der Waals surface area (Å²) in [5, 5.41) is 0.702. The molecule has 0 radical (unpaired) electrons. The summed E-state index contributed by atoms with van der Waals surface area (Å²) >= 11 is 7.73. The summed E-state index contributed by atoms with van der Waals surface area (Å²) in [5.74, 6) is 0.790. The lowest BCUT2D eigenvalue weighted by Crippen LogP contribution is -1.96. The normalized spacial score (nSPS) is 10.2. The Morgan fingerprint density at radius 3 is 2.79 bits per heavy atom. The molecule has 0 aromatic heterocycles. The molecule has 0 fully saturated rings. The molecule has 0 unspecified atom stereocenters. The molecule has 1 rings (SSSR count). The maximum Gasteiger partial charge on any atom is 0.137 e. The van der Waals surface area contributed by atoms with Gasteiger partial charge in [-0.05, 0) is 30.9 Å². The van der Waals surface area contributed by atoms with Crippen LogP contribution in [0.1, 0.15) is 19.8 Å². The maximum absolute atomic E-state index is 6.05. The molecule has 14 heavy (non-hydrogen) atoms. The van der Waals surface area contributed by atoms with Crippen LogP contribution in [0.4, 0.5) is 0 Å².